The monoisotopic (exact) mass is 349 g/mol. The summed E-state index contributed by atoms with van der Waals surface area (Å²) < 4.78 is 15.6. The second kappa shape index (κ2) is 6.14. The molecule has 7 heteroatoms. The number of benzene rings is 1. The van der Waals surface area contributed by atoms with E-state index in [2.05, 4.69) is 10.3 Å². The Bertz CT molecular complexity index is 929. The first-order valence-corrected chi connectivity index (χ1v) is 8.02. The molecule has 0 saturated heterocycles. The summed E-state index contributed by atoms with van der Waals surface area (Å²) in [4.78, 5) is 18.4. The fourth-order valence-corrected chi connectivity index (χ4v) is 3.24. The number of carbonyl (C=O) groups excluding carboxylic acids is 1. The first-order chi connectivity index (χ1) is 10.9. The van der Waals surface area contributed by atoms with Crippen molar-refractivity contribution in [1.82, 2.24) is 9.38 Å². The summed E-state index contributed by atoms with van der Waals surface area (Å²) in [5.74, 6) is -0.997. The number of anilines is 1. The van der Waals surface area contributed by atoms with Crippen LogP contribution in [0.3, 0.4) is 0 Å². The van der Waals surface area contributed by atoms with Gasteiger partial charge in [0.25, 0.3) is 0 Å². The topological polar surface area (TPSA) is 46.4 Å². The molecule has 0 saturated carbocycles. The number of aromatic nitrogens is 2. The van der Waals surface area contributed by atoms with E-state index in [1.54, 1.807) is 17.4 Å². The fourth-order valence-electron chi connectivity index (χ4n) is 2.20. The molecule has 1 amide bonds. The molecule has 2 heterocycles. The van der Waals surface area contributed by atoms with Gasteiger partial charge >= 0.3 is 0 Å². The van der Waals surface area contributed by atoms with Gasteiger partial charge in [0.15, 0.2) is 4.96 Å². The van der Waals surface area contributed by atoms with Gasteiger partial charge in [-0.3, -0.25) is 9.20 Å². The number of halogens is 2. The maximum Gasteiger partial charge on any atom is 0.248 e. The summed E-state index contributed by atoms with van der Waals surface area (Å²) >= 11 is 7.26. The van der Waals surface area contributed by atoms with E-state index in [1.165, 1.54) is 18.2 Å². The van der Waals surface area contributed by atoms with Crippen LogP contribution in [-0.2, 0) is 4.79 Å². The van der Waals surface area contributed by atoms with E-state index in [1.807, 2.05) is 24.4 Å². The number of rotatable bonds is 3. The molecule has 0 radical (unpaired) electrons. The van der Waals surface area contributed by atoms with Crippen LogP contribution in [0.15, 0.2) is 30.5 Å². The van der Waals surface area contributed by atoms with Crippen molar-refractivity contribution in [3.8, 4) is 0 Å². The first-order valence-electron chi connectivity index (χ1n) is 6.83. The highest BCUT2D eigenvalue weighted by atomic mass is 35.5. The van der Waals surface area contributed by atoms with E-state index in [-0.39, 0.29) is 10.7 Å². The van der Waals surface area contributed by atoms with Crippen LogP contribution in [0, 0.1) is 19.7 Å². The summed E-state index contributed by atoms with van der Waals surface area (Å²) in [6.07, 6.45) is 5.00. The predicted molar refractivity (Wildman–Crippen MR) is 91.6 cm³/mol. The van der Waals surface area contributed by atoms with Gasteiger partial charge in [-0.1, -0.05) is 11.6 Å². The molecule has 0 aliphatic rings. The Morgan fingerprint density at radius 1 is 1.43 bits per heavy atom. The van der Waals surface area contributed by atoms with E-state index in [0.29, 0.717) is 0 Å². The average Bonchev–Trinajstić information content (AvgIpc) is 2.95. The smallest absolute Gasteiger partial charge is 0.248 e. The lowest BCUT2D eigenvalue weighted by atomic mass is 10.3. The zero-order chi connectivity index (χ0) is 16.6. The minimum Gasteiger partial charge on any atom is -0.320 e. The van der Waals surface area contributed by atoms with Crippen LogP contribution in [0.2, 0.25) is 5.02 Å². The number of hydrogen-bond acceptors (Lipinski definition) is 3. The molecular formula is C16H13ClFN3OS. The van der Waals surface area contributed by atoms with Crippen LogP contribution in [0.4, 0.5) is 10.1 Å². The van der Waals surface area contributed by atoms with Crippen molar-refractivity contribution in [2.45, 2.75) is 13.8 Å². The molecule has 0 aliphatic heterocycles. The van der Waals surface area contributed by atoms with Gasteiger partial charge in [-0.2, -0.15) is 0 Å². The average molecular weight is 350 g/mol. The Morgan fingerprint density at radius 3 is 2.96 bits per heavy atom. The number of thiazole rings is 1. The summed E-state index contributed by atoms with van der Waals surface area (Å²) in [6, 6.07) is 4.09. The number of nitrogens with one attached hydrogen (secondary N) is 1. The molecule has 0 spiro atoms. The minimum absolute atomic E-state index is 0.0885. The maximum absolute atomic E-state index is 13.7. The van der Waals surface area contributed by atoms with Gasteiger partial charge in [0, 0.05) is 22.2 Å². The molecule has 3 rings (SSSR count). The highest BCUT2D eigenvalue weighted by Crippen LogP contribution is 2.22. The normalized spacial score (nSPS) is 11.5. The van der Waals surface area contributed by atoms with E-state index in [9.17, 15) is 9.18 Å². The summed E-state index contributed by atoms with van der Waals surface area (Å²) in [7, 11) is 0. The standard InChI is InChI=1S/C16H13ClFN3OS/c1-9-8-21-14(10(2)19-16(21)23-9)5-6-15(22)20-13-4-3-11(17)7-12(13)18/h3-8H,1-2H3,(H,20,22)/b6-5+. The lowest BCUT2D eigenvalue weighted by Crippen LogP contribution is -2.09. The lowest BCUT2D eigenvalue weighted by molar-refractivity contribution is -0.111. The predicted octanol–water partition coefficient (Wildman–Crippen LogP) is 4.46. The van der Waals surface area contributed by atoms with E-state index < -0.39 is 11.7 Å². The Labute approximate surface area is 141 Å². The number of imidazole rings is 1. The van der Waals surface area contributed by atoms with E-state index in [0.717, 1.165) is 27.3 Å². The quantitative estimate of drug-likeness (QED) is 0.710. The van der Waals surface area contributed by atoms with Crippen molar-refractivity contribution in [2.75, 3.05) is 5.32 Å². The lowest BCUT2D eigenvalue weighted by Gasteiger charge is -2.03. The Kier molecular flexibility index (Phi) is 4.19. The van der Waals surface area contributed by atoms with Crippen molar-refractivity contribution in [3.63, 3.8) is 0 Å². The van der Waals surface area contributed by atoms with Gasteiger partial charge in [0.1, 0.15) is 5.82 Å². The second-order valence-electron chi connectivity index (χ2n) is 5.02. The largest absolute Gasteiger partial charge is 0.320 e. The molecule has 0 bridgehead atoms. The zero-order valence-corrected chi connectivity index (χ0v) is 14.0. The van der Waals surface area contributed by atoms with Crippen LogP contribution in [0.5, 0.6) is 0 Å². The molecular weight excluding hydrogens is 337 g/mol. The third-order valence-electron chi connectivity index (χ3n) is 3.24. The third kappa shape index (κ3) is 3.28. The van der Waals surface area contributed by atoms with Crippen LogP contribution < -0.4 is 5.32 Å². The van der Waals surface area contributed by atoms with Crippen LogP contribution in [-0.4, -0.2) is 15.3 Å². The van der Waals surface area contributed by atoms with Crippen LogP contribution in [0.1, 0.15) is 16.3 Å². The van der Waals surface area contributed by atoms with Gasteiger partial charge < -0.3 is 5.32 Å². The van der Waals surface area contributed by atoms with E-state index in [4.69, 9.17) is 11.6 Å². The number of aryl methyl sites for hydroxylation is 2. The van der Waals surface area contributed by atoms with Crippen molar-refractivity contribution >= 4 is 45.6 Å². The molecule has 118 valence electrons. The molecule has 1 aromatic carbocycles. The number of nitrogens with zero attached hydrogens (tertiary/aromatic N) is 2. The van der Waals surface area contributed by atoms with Crippen molar-refractivity contribution in [1.29, 1.82) is 0 Å². The first kappa shape index (κ1) is 15.7. The molecule has 23 heavy (non-hydrogen) atoms. The Balaban J connectivity index is 1.81. The fraction of sp³-hybridized carbons (Fsp3) is 0.125. The van der Waals surface area contributed by atoms with Crippen molar-refractivity contribution in [3.05, 3.63) is 57.6 Å². The molecule has 2 aromatic heterocycles. The van der Waals surface area contributed by atoms with Crippen LogP contribution in [0.25, 0.3) is 11.0 Å². The van der Waals surface area contributed by atoms with Crippen molar-refractivity contribution in [2.24, 2.45) is 0 Å². The number of fused-ring (bicyclic) bond motifs is 1. The van der Waals surface area contributed by atoms with Crippen LogP contribution >= 0.6 is 22.9 Å². The summed E-state index contributed by atoms with van der Waals surface area (Å²) in [6.45, 7) is 3.88. The highest BCUT2D eigenvalue weighted by Gasteiger charge is 2.10. The molecule has 1 N–H and O–H groups in total. The minimum atomic E-state index is -0.573. The summed E-state index contributed by atoms with van der Waals surface area (Å²) in [5.41, 5.74) is 1.75. The molecule has 4 nitrogen and oxygen atoms in total. The third-order valence-corrected chi connectivity index (χ3v) is 4.38. The van der Waals surface area contributed by atoms with Gasteiger partial charge in [-0.05, 0) is 38.1 Å². The maximum atomic E-state index is 13.7. The van der Waals surface area contributed by atoms with E-state index >= 15 is 0 Å². The SMILES string of the molecule is Cc1cn2c(/C=C/C(=O)Nc3ccc(Cl)cc3F)c(C)nc2s1. The summed E-state index contributed by atoms with van der Waals surface area (Å²) in [5, 5.41) is 2.76. The van der Waals surface area contributed by atoms with Gasteiger partial charge in [-0.25, -0.2) is 9.37 Å². The zero-order valence-electron chi connectivity index (χ0n) is 12.4. The number of carbonyl (C=O) groups is 1. The Morgan fingerprint density at radius 2 is 2.22 bits per heavy atom. The van der Waals surface area contributed by atoms with Gasteiger partial charge in [0.05, 0.1) is 17.1 Å². The second-order valence-corrected chi connectivity index (χ2v) is 6.67. The number of amides is 1. The molecule has 0 fully saturated rings. The number of hydrogen-bond donors (Lipinski definition) is 1. The van der Waals surface area contributed by atoms with Gasteiger partial charge in [0.2, 0.25) is 5.91 Å². The molecule has 0 unspecified atom stereocenters. The molecule has 0 atom stereocenters. The van der Waals surface area contributed by atoms with Crippen molar-refractivity contribution < 1.29 is 9.18 Å². The Hall–Kier alpha value is -2.18. The van der Waals surface area contributed by atoms with Gasteiger partial charge in [-0.15, -0.1) is 11.3 Å². The highest BCUT2D eigenvalue weighted by molar-refractivity contribution is 7.17. The molecule has 0 aliphatic carbocycles. The molecule has 3 aromatic rings.